The van der Waals surface area contributed by atoms with Gasteiger partial charge in [-0.05, 0) is 53.3 Å². The Labute approximate surface area is 138 Å². The lowest BCUT2D eigenvalue weighted by molar-refractivity contribution is 0.146. The molecule has 2 heterocycles. The van der Waals surface area contributed by atoms with Crippen molar-refractivity contribution in [1.82, 2.24) is 10.2 Å². The zero-order valence-electron chi connectivity index (χ0n) is 13.4. The minimum absolute atomic E-state index is 0.609. The van der Waals surface area contributed by atoms with Crippen LogP contribution < -0.4 is 5.32 Å². The van der Waals surface area contributed by atoms with Crippen LogP contribution >= 0.6 is 11.3 Å². The van der Waals surface area contributed by atoms with Crippen LogP contribution in [0.3, 0.4) is 0 Å². The highest BCUT2D eigenvalue weighted by atomic mass is 32.1. The highest BCUT2D eigenvalue weighted by molar-refractivity contribution is 7.07. The van der Waals surface area contributed by atoms with Gasteiger partial charge < -0.3 is 10.2 Å². The third kappa shape index (κ3) is 4.42. The van der Waals surface area contributed by atoms with E-state index < -0.39 is 0 Å². The van der Waals surface area contributed by atoms with Crippen LogP contribution in [0.2, 0.25) is 0 Å². The molecule has 1 aromatic heterocycles. The summed E-state index contributed by atoms with van der Waals surface area (Å²) in [6.07, 6.45) is 2.52. The number of nitrogens with zero attached hydrogens (tertiary/aromatic N) is 1. The van der Waals surface area contributed by atoms with Crippen LogP contribution in [0.4, 0.5) is 0 Å². The first-order valence-electron chi connectivity index (χ1n) is 8.34. The van der Waals surface area contributed by atoms with E-state index in [4.69, 9.17) is 0 Å². The number of hydrogen-bond donors (Lipinski definition) is 1. The molecule has 0 aliphatic carbocycles. The summed E-state index contributed by atoms with van der Waals surface area (Å²) in [5, 5.41) is 8.27. The molecule has 2 unspecified atom stereocenters. The first-order valence-corrected chi connectivity index (χ1v) is 9.28. The molecule has 0 saturated carbocycles. The molecule has 0 bridgehead atoms. The van der Waals surface area contributed by atoms with Gasteiger partial charge in [-0.3, -0.25) is 0 Å². The molecule has 2 nitrogen and oxygen atoms in total. The summed E-state index contributed by atoms with van der Waals surface area (Å²) in [7, 11) is 0. The Bertz CT molecular complexity index is 538. The van der Waals surface area contributed by atoms with Crippen LogP contribution in [0.25, 0.3) is 0 Å². The molecule has 22 heavy (non-hydrogen) atoms. The lowest BCUT2D eigenvalue weighted by Crippen LogP contribution is -2.49. The topological polar surface area (TPSA) is 15.3 Å². The molecular formula is C19H26N2S. The van der Waals surface area contributed by atoms with E-state index in [0.29, 0.717) is 6.04 Å². The van der Waals surface area contributed by atoms with Crippen molar-refractivity contribution in [3.05, 3.63) is 58.3 Å². The number of thiophene rings is 1. The maximum atomic E-state index is 3.77. The molecule has 3 heteroatoms. The third-order valence-electron chi connectivity index (χ3n) is 4.60. The number of benzene rings is 1. The molecule has 0 radical (unpaired) electrons. The average Bonchev–Trinajstić information content (AvgIpc) is 3.06. The summed E-state index contributed by atoms with van der Waals surface area (Å²) in [5.41, 5.74) is 2.89. The van der Waals surface area contributed by atoms with E-state index in [9.17, 15) is 0 Å². The average molecular weight is 314 g/mol. The van der Waals surface area contributed by atoms with Crippen LogP contribution in [0.5, 0.6) is 0 Å². The van der Waals surface area contributed by atoms with Gasteiger partial charge in [0.25, 0.3) is 0 Å². The van der Waals surface area contributed by atoms with E-state index in [1.54, 1.807) is 0 Å². The maximum Gasteiger partial charge on any atom is 0.0208 e. The van der Waals surface area contributed by atoms with E-state index in [-0.39, 0.29) is 0 Å². The molecule has 2 aromatic rings. The molecule has 1 aliphatic rings. The van der Waals surface area contributed by atoms with Gasteiger partial charge >= 0.3 is 0 Å². The molecule has 1 aromatic carbocycles. The third-order valence-corrected chi connectivity index (χ3v) is 5.33. The highest BCUT2D eigenvalue weighted by Crippen LogP contribution is 2.22. The van der Waals surface area contributed by atoms with E-state index in [2.05, 4.69) is 64.3 Å². The fourth-order valence-corrected chi connectivity index (χ4v) is 4.14. The number of nitrogens with one attached hydrogen (secondary N) is 1. The maximum absolute atomic E-state index is 3.77. The summed E-state index contributed by atoms with van der Waals surface area (Å²) in [4.78, 5) is 2.60. The van der Waals surface area contributed by atoms with Crippen molar-refractivity contribution in [2.45, 2.75) is 32.4 Å². The van der Waals surface area contributed by atoms with Crippen molar-refractivity contribution in [2.75, 3.05) is 19.6 Å². The molecular weight excluding hydrogens is 288 g/mol. The SMILES string of the molecule is CCN1CC(Cc2ccsc2)CC(NCc2ccccc2)C1. The van der Waals surface area contributed by atoms with Crippen molar-refractivity contribution >= 4 is 11.3 Å². The van der Waals surface area contributed by atoms with Gasteiger partial charge in [0.15, 0.2) is 0 Å². The highest BCUT2D eigenvalue weighted by Gasteiger charge is 2.26. The van der Waals surface area contributed by atoms with E-state index >= 15 is 0 Å². The standard InChI is InChI=1S/C19H26N2S/c1-2-21-13-18(10-17-8-9-22-15-17)11-19(14-21)20-12-16-6-4-3-5-7-16/h3-9,15,18-20H,2,10-14H2,1H3. The lowest BCUT2D eigenvalue weighted by atomic mass is 9.89. The van der Waals surface area contributed by atoms with Gasteiger partial charge in [-0.1, -0.05) is 37.3 Å². The van der Waals surface area contributed by atoms with Crippen molar-refractivity contribution in [3.8, 4) is 0 Å². The predicted octanol–water partition coefficient (Wildman–Crippen LogP) is 3.79. The van der Waals surface area contributed by atoms with Gasteiger partial charge in [-0.2, -0.15) is 11.3 Å². The minimum Gasteiger partial charge on any atom is -0.309 e. The van der Waals surface area contributed by atoms with Crippen LogP contribution in [0.15, 0.2) is 47.2 Å². The summed E-state index contributed by atoms with van der Waals surface area (Å²) < 4.78 is 0. The van der Waals surface area contributed by atoms with Gasteiger partial charge in [0, 0.05) is 25.7 Å². The molecule has 118 valence electrons. The Morgan fingerprint density at radius 3 is 2.73 bits per heavy atom. The molecule has 0 amide bonds. The monoisotopic (exact) mass is 314 g/mol. The van der Waals surface area contributed by atoms with Gasteiger partial charge in [0.1, 0.15) is 0 Å². The quantitative estimate of drug-likeness (QED) is 0.872. The second-order valence-corrected chi connectivity index (χ2v) is 7.13. The first kappa shape index (κ1) is 15.7. The largest absolute Gasteiger partial charge is 0.309 e. The molecule has 1 aliphatic heterocycles. The number of likely N-dealkylation sites (N-methyl/N-ethyl adjacent to an activating group) is 1. The smallest absolute Gasteiger partial charge is 0.0208 e. The summed E-state index contributed by atoms with van der Waals surface area (Å²) in [6, 6.07) is 13.6. The zero-order valence-corrected chi connectivity index (χ0v) is 14.2. The van der Waals surface area contributed by atoms with Gasteiger partial charge in [0.05, 0.1) is 0 Å². The van der Waals surface area contributed by atoms with E-state index in [0.717, 1.165) is 19.0 Å². The lowest BCUT2D eigenvalue weighted by Gasteiger charge is -2.38. The Morgan fingerprint density at radius 1 is 1.14 bits per heavy atom. The molecule has 3 rings (SSSR count). The van der Waals surface area contributed by atoms with E-state index in [1.165, 1.54) is 37.1 Å². The second kappa shape index (κ2) is 7.91. The molecule has 1 fully saturated rings. The predicted molar refractivity (Wildman–Crippen MR) is 95.3 cm³/mol. The minimum atomic E-state index is 0.609. The molecule has 0 spiro atoms. The zero-order chi connectivity index (χ0) is 15.2. The van der Waals surface area contributed by atoms with Crippen molar-refractivity contribution < 1.29 is 0 Å². The van der Waals surface area contributed by atoms with Crippen LogP contribution in [-0.2, 0) is 13.0 Å². The van der Waals surface area contributed by atoms with Crippen molar-refractivity contribution in [3.63, 3.8) is 0 Å². The summed E-state index contributed by atoms with van der Waals surface area (Å²) in [6.45, 7) is 6.85. The number of piperidine rings is 1. The Balaban J connectivity index is 1.56. The molecule has 2 atom stereocenters. The summed E-state index contributed by atoms with van der Waals surface area (Å²) in [5.74, 6) is 0.775. The first-order chi connectivity index (χ1) is 10.8. The molecule has 1 saturated heterocycles. The Kier molecular flexibility index (Phi) is 5.65. The van der Waals surface area contributed by atoms with Crippen LogP contribution in [0, 0.1) is 5.92 Å². The number of likely N-dealkylation sites (tertiary alicyclic amines) is 1. The second-order valence-electron chi connectivity index (χ2n) is 6.35. The Morgan fingerprint density at radius 2 is 2.00 bits per heavy atom. The normalized spacial score (nSPS) is 22.8. The number of hydrogen-bond acceptors (Lipinski definition) is 3. The van der Waals surface area contributed by atoms with Gasteiger partial charge in [-0.25, -0.2) is 0 Å². The Hall–Kier alpha value is -1.16. The van der Waals surface area contributed by atoms with Crippen molar-refractivity contribution in [1.29, 1.82) is 0 Å². The van der Waals surface area contributed by atoms with Crippen LogP contribution in [-0.4, -0.2) is 30.6 Å². The van der Waals surface area contributed by atoms with E-state index in [1.807, 2.05) is 11.3 Å². The van der Waals surface area contributed by atoms with Crippen LogP contribution in [0.1, 0.15) is 24.5 Å². The fraction of sp³-hybridized carbons (Fsp3) is 0.474. The van der Waals surface area contributed by atoms with Gasteiger partial charge in [-0.15, -0.1) is 0 Å². The van der Waals surface area contributed by atoms with Gasteiger partial charge in [0.2, 0.25) is 0 Å². The number of rotatable bonds is 6. The van der Waals surface area contributed by atoms with Crippen molar-refractivity contribution in [2.24, 2.45) is 5.92 Å². The fourth-order valence-electron chi connectivity index (χ4n) is 3.46. The summed E-state index contributed by atoms with van der Waals surface area (Å²) >= 11 is 1.81. The molecule has 1 N–H and O–H groups in total.